The molecule has 0 aliphatic carbocycles. The molecule has 136 valence electrons. The maximum absolute atomic E-state index is 12.7. The van der Waals surface area contributed by atoms with Gasteiger partial charge in [0.25, 0.3) is 5.91 Å². The number of nitrogens with one attached hydrogen (secondary N) is 1. The van der Waals surface area contributed by atoms with Crippen molar-refractivity contribution in [3.05, 3.63) is 57.3 Å². The van der Waals surface area contributed by atoms with E-state index >= 15 is 0 Å². The van der Waals surface area contributed by atoms with Crippen LogP contribution < -0.4 is 5.32 Å². The lowest BCUT2D eigenvalue weighted by atomic mass is 9.97. The number of carbonyl (C=O) groups excluding carboxylic acids is 2. The van der Waals surface area contributed by atoms with Crippen LogP contribution in [-0.4, -0.2) is 47.4 Å². The Morgan fingerprint density at radius 3 is 2.50 bits per heavy atom. The van der Waals surface area contributed by atoms with Crippen molar-refractivity contribution in [2.75, 3.05) is 26.0 Å². The Morgan fingerprint density at radius 2 is 1.85 bits per heavy atom. The van der Waals surface area contributed by atoms with E-state index in [1.54, 1.807) is 49.6 Å². The van der Waals surface area contributed by atoms with Gasteiger partial charge in [-0.1, -0.05) is 23.2 Å². The van der Waals surface area contributed by atoms with Crippen molar-refractivity contribution < 1.29 is 9.59 Å². The highest BCUT2D eigenvalue weighted by Gasteiger charge is 2.25. The second kappa shape index (κ2) is 7.51. The average molecular weight is 393 g/mol. The lowest BCUT2D eigenvalue weighted by Crippen LogP contribution is -2.42. The Hall–Kier alpha value is -2.31. The summed E-state index contributed by atoms with van der Waals surface area (Å²) >= 11 is 12.0. The van der Waals surface area contributed by atoms with Gasteiger partial charge in [0.05, 0.1) is 5.56 Å². The van der Waals surface area contributed by atoms with Gasteiger partial charge >= 0.3 is 6.03 Å². The molecule has 3 amide bonds. The molecule has 1 aliphatic heterocycles. The van der Waals surface area contributed by atoms with Crippen molar-refractivity contribution >= 4 is 40.8 Å². The van der Waals surface area contributed by atoms with E-state index in [1.807, 2.05) is 0 Å². The van der Waals surface area contributed by atoms with Crippen LogP contribution in [0.25, 0.3) is 0 Å². The number of carbonyl (C=O) groups is 2. The van der Waals surface area contributed by atoms with E-state index in [4.69, 9.17) is 23.2 Å². The molecule has 3 rings (SSSR count). The molecular weight excluding hydrogens is 375 g/mol. The smallest absolute Gasteiger partial charge is 0.319 e. The molecule has 0 spiro atoms. The number of urea groups is 1. The summed E-state index contributed by atoms with van der Waals surface area (Å²) in [5, 5.41) is 3.69. The summed E-state index contributed by atoms with van der Waals surface area (Å²) in [5.74, 6) is -0.278. The molecule has 0 fully saturated rings. The number of anilines is 1. The zero-order chi connectivity index (χ0) is 18.8. The van der Waals surface area contributed by atoms with Gasteiger partial charge in [-0.3, -0.25) is 9.78 Å². The molecule has 1 aliphatic rings. The summed E-state index contributed by atoms with van der Waals surface area (Å²) in [6, 6.07) is 4.80. The summed E-state index contributed by atoms with van der Waals surface area (Å²) in [4.78, 5) is 32.3. The minimum absolute atomic E-state index is 0.0564. The number of rotatable bonds is 2. The zero-order valence-corrected chi connectivity index (χ0v) is 15.9. The van der Waals surface area contributed by atoms with Crippen LogP contribution in [0.2, 0.25) is 10.0 Å². The summed E-state index contributed by atoms with van der Waals surface area (Å²) < 4.78 is 0. The van der Waals surface area contributed by atoms with Gasteiger partial charge < -0.3 is 15.1 Å². The van der Waals surface area contributed by atoms with E-state index in [9.17, 15) is 9.59 Å². The van der Waals surface area contributed by atoms with Crippen LogP contribution in [0.4, 0.5) is 10.5 Å². The van der Waals surface area contributed by atoms with Crippen LogP contribution >= 0.6 is 23.2 Å². The second-order valence-corrected chi connectivity index (χ2v) is 7.16. The minimum Gasteiger partial charge on any atom is -0.331 e. The number of amides is 3. The van der Waals surface area contributed by atoms with Gasteiger partial charge in [0.15, 0.2) is 0 Å². The molecule has 6 nitrogen and oxygen atoms in total. The molecule has 2 heterocycles. The predicted octanol–water partition coefficient (Wildman–Crippen LogP) is 3.68. The van der Waals surface area contributed by atoms with Gasteiger partial charge in [-0.2, -0.15) is 0 Å². The van der Waals surface area contributed by atoms with E-state index in [2.05, 4.69) is 10.3 Å². The Morgan fingerprint density at radius 1 is 1.15 bits per heavy atom. The largest absolute Gasteiger partial charge is 0.331 e. The molecule has 2 aromatic rings. The van der Waals surface area contributed by atoms with E-state index in [0.29, 0.717) is 40.8 Å². The Bertz CT molecular complexity index is 850. The van der Waals surface area contributed by atoms with Crippen LogP contribution in [0.15, 0.2) is 30.6 Å². The first-order valence-electron chi connectivity index (χ1n) is 8.04. The van der Waals surface area contributed by atoms with Gasteiger partial charge in [-0.25, -0.2) is 4.79 Å². The quantitative estimate of drug-likeness (QED) is 0.847. The number of hydrogen-bond acceptors (Lipinski definition) is 3. The lowest BCUT2D eigenvalue weighted by molar-refractivity contribution is 0.102. The van der Waals surface area contributed by atoms with Gasteiger partial charge in [-0.15, -0.1) is 0 Å². The molecule has 1 aromatic carbocycles. The number of fused-ring (bicyclic) bond motifs is 1. The second-order valence-electron chi connectivity index (χ2n) is 6.29. The molecule has 1 aromatic heterocycles. The van der Waals surface area contributed by atoms with Gasteiger partial charge in [0, 0.05) is 55.3 Å². The Kier molecular flexibility index (Phi) is 5.34. The molecule has 0 saturated carbocycles. The Balaban J connectivity index is 1.83. The van der Waals surface area contributed by atoms with E-state index < -0.39 is 0 Å². The fourth-order valence-electron chi connectivity index (χ4n) is 2.96. The number of hydrogen-bond donors (Lipinski definition) is 1. The van der Waals surface area contributed by atoms with Crippen LogP contribution in [0.3, 0.4) is 0 Å². The van der Waals surface area contributed by atoms with Gasteiger partial charge in [0.1, 0.15) is 0 Å². The van der Waals surface area contributed by atoms with Crippen LogP contribution in [0.5, 0.6) is 0 Å². The lowest BCUT2D eigenvalue weighted by Gasteiger charge is -2.31. The van der Waals surface area contributed by atoms with Gasteiger partial charge in [0.2, 0.25) is 0 Å². The van der Waals surface area contributed by atoms with E-state index in [-0.39, 0.29) is 11.9 Å². The first-order valence-corrected chi connectivity index (χ1v) is 8.80. The molecule has 0 radical (unpaired) electrons. The zero-order valence-electron chi connectivity index (χ0n) is 14.4. The maximum atomic E-state index is 12.7. The molecule has 0 unspecified atom stereocenters. The fourth-order valence-corrected chi connectivity index (χ4v) is 3.49. The number of benzene rings is 1. The van der Waals surface area contributed by atoms with Gasteiger partial charge in [-0.05, 0) is 35.7 Å². The number of nitrogens with zero attached hydrogens (tertiary/aromatic N) is 3. The van der Waals surface area contributed by atoms with Crippen LogP contribution in [0.1, 0.15) is 21.5 Å². The molecule has 8 heteroatoms. The summed E-state index contributed by atoms with van der Waals surface area (Å²) in [7, 11) is 3.44. The monoisotopic (exact) mass is 392 g/mol. The first-order chi connectivity index (χ1) is 12.3. The average Bonchev–Trinajstić information content (AvgIpc) is 2.59. The summed E-state index contributed by atoms with van der Waals surface area (Å²) in [6.07, 6.45) is 3.84. The highest BCUT2D eigenvalue weighted by Crippen LogP contribution is 2.25. The third-order valence-electron chi connectivity index (χ3n) is 4.16. The Labute approximate surface area is 161 Å². The van der Waals surface area contributed by atoms with Crippen molar-refractivity contribution in [2.24, 2.45) is 0 Å². The highest BCUT2D eigenvalue weighted by atomic mass is 35.5. The molecule has 1 N–H and O–H groups in total. The number of halogens is 2. The molecule has 0 bridgehead atoms. The van der Waals surface area contributed by atoms with E-state index in [1.165, 1.54) is 4.90 Å². The van der Waals surface area contributed by atoms with Crippen molar-refractivity contribution in [1.29, 1.82) is 0 Å². The normalized spacial score (nSPS) is 13.2. The summed E-state index contributed by atoms with van der Waals surface area (Å²) in [5.41, 5.74) is 2.80. The van der Waals surface area contributed by atoms with Crippen molar-refractivity contribution in [1.82, 2.24) is 14.8 Å². The molecule has 26 heavy (non-hydrogen) atoms. The third kappa shape index (κ3) is 3.92. The molecule has 0 atom stereocenters. The van der Waals surface area contributed by atoms with Crippen molar-refractivity contribution in [3.8, 4) is 0 Å². The standard InChI is InChI=1S/C18H18Cl2N4O2/c1-23(2)18(26)24-4-3-15-11(10-24)8-21-9-16(15)17(25)22-14-6-12(19)5-13(20)7-14/h5-9H,3-4,10H2,1-2H3,(H,22,25). The topological polar surface area (TPSA) is 65.5 Å². The SMILES string of the molecule is CN(C)C(=O)N1CCc2c(cncc2C(=O)Nc2cc(Cl)cc(Cl)c2)C1. The number of pyridine rings is 1. The van der Waals surface area contributed by atoms with Crippen molar-refractivity contribution in [3.63, 3.8) is 0 Å². The summed E-state index contributed by atoms with van der Waals surface area (Å²) in [6.45, 7) is 0.987. The van der Waals surface area contributed by atoms with E-state index in [0.717, 1.165) is 11.1 Å². The highest BCUT2D eigenvalue weighted by molar-refractivity contribution is 6.35. The number of aromatic nitrogens is 1. The molecular formula is C18H18Cl2N4O2. The van der Waals surface area contributed by atoms with Crippen LogP contribution in [0, 0.1) is 0 Å². The predicted molar refractivity (Wildman–Crippen MR) is 102 cm³/mol. The van der Waals surface area contributed by atoms with Crippen LogP contribution in [-0.2, 0) is 13.0 Å². The maximum Gasteiger partial charge on any atom is 0.319 e. The fraction of sp³-hybridized carbons (Fsp3) is 0.278. The minimum atomic E-state index is -0.278. The molecule has 0 saturated heterocycles. The first kappa shape index (κ1) is 18.5. The third-order valence-corrected chi connectivity index (χ3v) is 4.59. The van der Waals surface area contributed by atoms with Crippen molar-refractivity contribution in [2.45, 2.75) is 13.0 Å².